The third-order valence-corrected chi connectivity index (χ3v) is 5.81. The van der Waals surface area contributed by atoms with Crippen LogP contribution in [0.1, 0.15) is 64.9 Å². The zero-order valence-corrected chi connectivity index (χ0v) is 18.7. The molecule has 0 aliphatic heterocycles. The molecule has 1 aliphatic carbocycles. The Kier molecular flexibility index (Phi) is 5.11. The third-order valence-electron chi connectivity index (χ3n) is 5.81. The molecule has 1 N–H and O–H groups in total. The summed E-state index contributed by atoms with van der Waals surface area (Å²) in [5, 5.41) is 14.8. The first-order valence-electron chi connectivity index (χ1n) is 10.7. The van der Waals surface area contributed by atoms with E-state index in [2.05, 4.69) is 5.10 Å². The van der Waals surface area contributed by atoms with E-state index in [4.69, 9.17) is 4.98 Å². The van der Waals surface area contributed by atoms with Crippen molar-refractivity contribution < 1.29 is 9.90 Å². The van der Waals surface area contributed by atoms with Crippen molar-refractivity contribution in [2.45, 2.75) is 64.6 Å². The molecule has 1 fully saturated rings. The number of carbonyl (C=O) groups is 1. The molecule has 164 valence electrons. The first-order chi connectivity index (χ1) is 14.6. The van der Waals surface area contributed by atoms with Crippen LogP contribution in [0.2, 0.25) is 0 Å². The van der Waals surface area contributed by atoms with Crippen LogP contribution < -0.4 is 5.56 Å². The number of aromatic nitrogens is 4. The van der Waals surface area contributed by atoms with E-state index in [1.54, 1.807) is 15.4 Å². The van der Waals surface area contributed by atoms with Gasteiger partial charge in [0.2, 0.25) is 0 Å². The van der Waals surface area contributed by atoms with E-state index in [1.807, 2.05) is 59.1 Å². The summed E-state index contributed by atoms with van der Waals surface area (Å²) >= 11 is 0. The molecule has 0 spiro atoms. The molecule has 1 atom stereocenters. The van der Waals surface area contributed by atoms with Gasteiger partial charge >= 0.3 is 6.09 Å². The molecule has 2 aromatic heterocycles. The average molecular weight is 424 g/mol. The maximum atomic E-state index is 13.8. The van der Waals surface area contributed by atoms with Crippen LogP contribution in [0.5, 0.6) is 0 Å². The topological polar surface area (TPSA) is 93.3 Å². The van der Waals surface area contributed by atoms with Gasteiger partial charge in [-0.05, 0) is 51.7 Å². The van der Waals surface area contributed by atoms with Crippen molar-refractivity contribution in [1.82, 2.24) is 24.2 Å². The highest BCUT2D eigenvalue weighted by molar-refractivity contribution is 5.93. The molecule has 1 amide bonds. The second-order valence-electron chi connectivity index (χ2n) is 9.23. The van der Waals surface area contributed by atoms with Crippen molar-refractivity contribution in [2.75, 3.05) is 0 Å². The number of fused-ring (bicyclic) bond motifs is 1. The average Bonchev–Trinajstić information content (AvgIpc) is 3.43. The quantitative estimate of drug-likeness (QED) is 0.658. The molecule has 0 radical (unpaired) electrons. The summed E-state index contributed by atoms with van der Waals surface area (Å²) in [7, 11) is 1.84. The molecule has 4 rings (SSSR count). The van der Waals surface area contributed by atoms with E-state index in [9.17, 15) is 14.7 Å². The van der Waals surface area contributed by atoms with Crippen LogP contribution in [0.15, 0.2) is 35.4 Å². The summed E-state index contributed by atoms with van der Waals surface area (Å²) in [6, 6.07) is 5.16. The van der Waals surface area contributed by atoms with Crippen molar-refractivity contribution in [1.29, 1.82) is 0 Å². The van der Waals surface area contributed by atoms with Gasteiger partial charge in [0.05, 0.1) is 23.1 Å². The molecule has 8 nitrogen and oxygen atoms in total. The Hall–Kier alpha value is -3.16. The fourth-order valence-electron chi connectivity index (χ4n) is 4.35. The Bertz CT molecular complexity index is 1200. The van der Waals surface area contributed by atoms with Crippen molar-refractivity contribution in [3.8, 4) is 11.1 Å². The summed E-state index contributed by atoms with van der Waals surface area (Å²) in [5.41, 5.74) is 1.49. The van der Waals surface area contributed by atoms with Crippen LogP contribution >= 0.6 is 0 Å². The summed E-state index contributed by atoms with van der Waals surface area (Å²) in [4.78, 5) is 32.4. The number of hydrogen-bond acceptors (Lipinski definition) is 4. The fraction of sp³-hybridized carbons (Fsp3) is 0.478. The van der Waals surface area contributed by atoms with E-state index in [-0.39, 0.29) is 11.6 Å². The monoisotopic (exact) mass is 423 g/mol. The number of nitrogens with zero attached hydrogens (tertiary/aromatic N) is 5. The van der Waals surface area contributed by atoms with Gasteiger partial charge in [-0.1, -0.05) is 19.1 Å². The highest BCUT2D eigenvalue weighted by Crippen LogP contribution is 2.39. The molecule has 8 heteroatoms. The van der Waals surface area contributed by atoms with Gasteiger partial charge in [-0.15, -0.1) is 0 Å². The van der Waals surface area contributed by atoms with E-state index < -0.39 is 17.7 Å². The SMILES string of the molecule is CCC(c1nc2cccc(-c3cnn(C)c3)c2c(=O)n1C1CC1)N(C(=O)O)C(C)(C)C. The second kappa shape index (κ2) is 7.51. The zero-order chi connectivity index (χ0) is 22.5. The molecule has 1 unspecified atom stereocenters. The highest BCUT2D eigenvalue weighted by atomic mass is 16.4. The van der Waals surface area contributed by atoms with Gasteiger partial charge in [-0.2, -0.15) is 5.10 Å². The van der Waals surface area contributed by atoms with Gasteiger partial charge in [0.1, 0.15) is 5.82 Å². The molecule has 1 saturated carbocycles. The van der Waals surface area contributed by atoms with Crippen molar-refractivity contribution in [3.05, 3.63) is 46.8 Å². The number of amides is 1. The zero-order valence-electron chi connectivity index (χ0n) is 18.7. The molecule has 1 aromatic carbocycles. The number of hydrogen-bond donors (Lipinski definition) is 1. The smallest absolute Gasteiger partial charge is 0.408 e. The minimum Gasteiger partial charge on any atom is -0.465 e. The normalized spacial score (nSPS) is 15.3. The van der Waals surface area contributed by atoms with Gasteiger partial charge in [0.15, 0.2) is 0 Å². The number of rotatable bonds is 5. The third kappa shape index (κ3) is 3.71. The largest absolute Gasteiger partial charge is 0.465 e. The predicted octanol–water partition coefficient (Wildman–Crippen LogP) is 4.36. The van der Waals surface area contributed by atoms with Crippen molar-refractivity contribution in [2.24, 2.45) is 7.05 Å². The van der Waals surface area contributed by atoms with Crippen molar-refractivity contribution >= 4 is 17.0 Å². The van der Waals surface area contributed by atoms with Gasteiger partial charge in [-0.3, -0.25) is 18.9 Å². The molecular weight excluding hydrogens is 394 g/mol. The lowest BCUT2D eigenvalue weighted by molar-refractivity contribution is 0.0637. The van der Waals surface area contributed by atoms with Gasteiger partial charge < -0.3 is 5.11 Å². The molecule has 1 aliphatic rings. The van der Waals surface area contributed by atoms with Crippen LogP contribution in [0.25, 0.3) is 22.0 Å². The first kappa shape index (κ1) is 21.1. The highest BCUT2D eigenvalue weighted by Gasteiger charge is 2.38. The fourth-order valence-corrected chi connectivity index (χ4v) is 4.35. The summed E-state index contributed by atoms with van der Waals surface area (Å²) in [6.07, 6.45) is 4.92. The molecule has 3 aromatic rings. The van der Waals surface area contributed by atoms with Gasteiger partial charge in [-0.25, -0.2) is 9.78 Å². The predicted molar refractivity (Wildman–Crippen MR) is 119 cm³/mol. The Morgan fingerprint density at radius 1 is 1.32 bits per heavy atom. The lowest BCUT2D eigenvalue weighted by atomic mass is 10.0. The Morgan fingerprint density at radius 3 is 2.55 bits per heavy atom. The van der Waals surface area contributed by atoms with Crippen LogP contribution in [-0.4, -0.2) is 41.0 Å². The van der Waals surface area contributed by atoms with E-state index >= 15 is 0 Å². The Morgan fingerprint density at radius 2 is 2.03 bits per heavy atom. The molecule has 2 heterocycles. The number of benzene rings is 1. The number of carboxylic acid groups (broad SMARTS) is 1. The molecule has 31 heavy (non-hydrogen) atoms. The molecule has 0 saturated heterocycles. The summed E-state index contributed by atoms with van der Waals surface area (Å²) < 4.78 is 3.45. The molecular formula is C23H29N5O3. The van der Waals surface area contributed by atoms with Crippen LogP contribution in [0, 0.1) is 0 Å². The number of aryl methyl sites for hydroxylation is 1. The van der Waals surface area contributed by atoms with E-state index in [1.165, 1.54) is 4.90 Å². The van der Waals surface area contributed by atoms with Crippen LogP contribution in [0.4, 0.5) is 4.79 Å². The van der Waals surface area contributed by atoms with Gasteiger partial charge in [0.25, 0.3) is 5.56 Å². The molecule has 0 bridgehead atoms. The van der Waals surface area contributed by atoms with Crippen LogP contribution in [-0.2, 0) is 7.05 Å². The second-order valence-corrected chi connectivity index (χ2v) is 9.23. The minimum atomic E-state index is -1.01. The lowest BCUT2D eigenvalue weighted by Crippen LogP contribution is -2.48. The summed E-state index contributed by atoms with van der Waals surface area (Å²) in [5.74, 6) is 0.531. The van der Waals surface area contributed by atoms with E-state index in [0.717, 1.165) is 24.0 Å². The Labute approximate surface area is 181 Å². The minimum absolute atomic E-state index is 0.0611. The van der Waals surface area contributed by atoms with Crippen molar-refractivity contribution in [3.63, 3.8) is 0 Å². The Balaban J connectivity index is 2.00. The lowest BCUT2D eigenvalue weighted by Gasteiger charge is -2.39. The van der Waals surface area contributed by atoms with Crippen LogP contribution in [0.3, 0.4) is 0 Å². The van der Waals surface area contributed by atoms with Gasteiger partial charge in [0, 0.05) is 30.4 Å². The van der Waals surface area contributed by atoms with E-state index in [0.29, 0.717) is 23.1 Å². The first-order valence-corrected chi connectivity index (χ1v) is 10.7. The standard InChI is InChI=1S/C23H29N5O3/c1-6-18(28(22(30)31)23(2,3)4)20-25-17-9-7-8-16(14-12-24-26(5)13-14)19(17)21(29)27(20)15-10-11-15/h7-9,12-13,15,18H,6,10-11H2,1-5H3,(H,30,31). The maximum absolute atomic E-state index is 13.8. The maximum Gasteiger partial charge on any atom is 0.408 e. The summed E-state index contributed by atoms with van der Waals surface area (Å²) in [6.45, 7) is 7.53.